The van der Waals surface area contributed by atoms with Crippen LogP contribution < -0.4 is 0 Å². The predicted octanol–water partition coefficient (Wildman–Crippen LogP) is 3.30. The summed E-state index contributed by atoms with van der Waals surface area (Å²) in [5.74, 6) is -0.261. The Hall–Kier alpha value is -2.64. The van der Waals surface area contributed by atoms with E-state index in [9.17, 15) is 9.18 Å². The molecule has 7 heteroatoms. The molecule has 3 aromatic rings. The molecule has 1 aromatic carbocycles. The smallest absolute Gasteiger partial charge is 0.274 e. The Bertz CT molecular complexity index is 922. The summed E-state index contributed by atoms with van der Waals surface area (Å²) in [6, 6.07) is 10.9. The van der Waals surface area contributed by atoms with Crippen molar-refractivity contribution < 1.29 is 9.18 Å². The molecule has 0 atom stereocenters. The average molecular weight is 382 g/mol. The zero-order valence-corrected chi connectivity index (χ0v) is 15.5. The van der Waals surface area contributed by atoms with Gasteiger partial charge in [0.1, 0.15) is 11.5 Å². The van der Waals surface area contributed by atoms with Gasteiger partial charge in [0.2, 0.25) is 0 Å². The van der Waals surface area contributed by atoms with Gasteiger partial charge in [-0.15, -0.1) is 11.3 Å². The van der Waals surface area contributed by atoms with Crippen LogP contribution in [0.25, 0.3) is 10.4 Å². The lowest BCUT2D eigenvalue weighted by Gasteiger charge is -2.34. The van der Waals surface area contributed by atoms with E-state index in [0.717, 1.165) is 24.5 Å². The second-order valence-corrected chi connectivity index (χ2v) is 7.57. The number of aromatic nitrogens is 2. The molecule has 1 fully saturated rings. The van der Waals surface area contributed by atoms with Crippen LogP contribution in [-0.2, 0) is 6.54 Å². The number of carbonyl (C=O) groups excluding carboxylic acids is 1. The summed E-state index contributed by atoms with van der Waals surface area (Å²) >= 11 is 1.62. The molecule has 1 aliphatic heterocycles. The van der Waals surface area contributed by atoms with E-state index >= 15 is 0 Å². The Labute approximate surface area is 161 Å². The van der Waals surface area contributed by atoms with Crippen LogP contribution in [0.4, 0.5) is 4.39 Å². The standard InChI is InChI=1S/C20H19FN4OS/c21-17-4-2-1-3-16(17)19-6-5-15(27-19)14-24-9-11-25(12-10-24)20(26)18-13-22-7-8-23-18/h1-8,13H,9-12,14H2. The zero-order chi connectivity index (χ0) is 18.6. The molecule has 1 saturated heterocycles. The quantitative estimate of drug-likeness (QED) is 0.695. The minimum absolute atomic E-state index is 0.0688. The van der Waals surface area contributed by atoms with Crippen molar-refractivity contribution in [2.45, 2.75) is 6.54 Å². The van der Waals surface area contributed by atoms with E-state index in [1.165, 1.54) is 23.3 Å². The Morgan fingerprint density at radius 1 is 1.07 bits per heavy atom. The molecule has 2 aromatic heterocycles. The molecule has 0 N–H and O–H groups in total. The van der Waals surface area contributed by atoms with Gasteiger partial charge >= 0.3 is 0 Å². The van der Waals surface area contributed by atoms with E-state index in [4.69, 9.17) is 0 Å². The van der Waals surface area contributed by atoms with Crippen molar-refractivity contribution in [3.63, 3.8) is 0 Å². The van der Waals surface area contributed by atoms with Gasteiger partial charge in [-0.25, -0.2) is 9.37 Å². The van der Waals surface area contributed by atoms with Crippen LogP contribution in [0.15, 0.2) is 55.0 Å². The number of benzene rings is 1. The van der Waals surface area contributed by atoms with Crippen molar-refractivity contribution in [1.29, 1.82) is 0 Å². The molecule has 3 heterocycles. The highest BCUT2D eigenvalue weighted by atomic mass is 32.1. The van der Waals surface area contributed by atoms with Crippen molar-refractivity contribution in [1.82, 2.24) is 19.8 Å². The maximum Gasteiger partial charge on any atom is 0.274 e. The molecule has 0 saturated carbocycles. The van der Waals surface area contributed by atoms with E-state index in [2.05, 4.69) is 20.9 Å². The summed E-state index contributed by atoms with van der Waals surface area (Å²) in [6.45, 7) is 3.76. The number of hydrogen-bond acceptors (Lipinski definition) is 5. The summed E-state index contributed by atoms with van der Waals surface area (Å²) in [6.07, 6.45) is 4.60. The summed E-state index contributed by atoms with van der Waals surface area (Å²) < 4.78 is 14.0. The second-order valence-electron chi connectivity index (χ2n) is 6.40. The van der Waals surface area contributed by atoms with E-state index in [-0.39, 0.29) is 11.7 Å². The monoisotopic (exact) mass is 382 g/mol. The van der Waals surface area contributed by atoms with Gasteiger partial charge in [-0.05, 0) is 18.2 Å². The molecule has 0 aliphatic carbocycles. The van der Waals surface area contributed by atoms with E-state index in [1.54, 1.807) is 23.6 Å². The van der Waals surface area contributed by atoms with Gasteiger partial charge in [-0.1, -0.05) is 18.2 Å². The Morgan fingerprint density at radius 3 is 2.63 bits per heavy atom. The summed E-state index contributed by atoms with van der Waals surface area (Å²) in [5, 5.41) is 0. The van der Waals surface area contributed by atoms with Crippen LogP contribution in [-0.4, -0.2) is 51.9 Å². The predicted molar refractivity (Wildman–Crippen MR) is 103 cm³/mol. The molecule has 138 valence electrons. The molecular weight excluding hydrogens is 363 g/mol. The third kappa shape index (κ3) is 4.04. The van der Waals surface area contributed by atoms with Crippen molar-refractivity contribution >= 4 is 17.2 Å². The highest BCUT2D eigenvalue weighted by molar-refractivity contribution is 7.15. The molecule has 27 heavy (non-hydrogen) atoms. The molecule has 1 aliphatic rings. The third-order valence-electron chi connectivity index (χ3n) is 4.62. The first kappa shape index (κ1) is 17.8. The maximum absolute atomic E-state index is 14.0. The Kier molecular flexibility index (Phi) is 5.22. The Morgan fingerprint density at radius 2 is 1.89 bits per heavy atom. The largest absolute Gasteiger partial charge is 0.335 e. The molecular formula is C20H19FN4OS. The van der Waals surface area contributed by atoms with Crippen LogP contribution in [0.2, 0.25) is 0 Å². The number of halogens is 1. The van der Waals surface area contributed by atoms with Crippen LogP contribution in [0.5, 0.6) is 0 Å². The first-order valence-corrected chi connectivity index (χ1v) is 9.63. The van der Waals surface area contributed by atoms with Gasteiger partial charge in [-0.2, -0.15) is 0 Å². The van der Waals surface area contributed by atoms with E-state index in [0.29, 0.717) is 24.3 Å². The van der Waals surface area contributed by atoms with Crippen molar-refractivity contribution in [3.05, 3.63) is 71.4 Å². The number of nitrogens with zero attached hydrogens (tertiary/aromatic N) is 4. The van der Waals surface area contributed by atoms with Crippen molar-refractivity contribution in [2.75, 3.05) is 26.2 Å². The van der Waals surface area contributed by atoms with Crippen LogP contribution in [0, 0.1) is 5.82 Å². The fraction of sp³-hybridized carbons (Fsp3) is 0.250. The van der Waals surface area contributed by atoms with Gasteiger partial charge in [0.15, 0.2) is 0 Å². The fourth-order valence-corrected chi connectivity index (χ4v) is 4.25. The first-order valence-electron chi connectivity index (χ1n) is 8.82. The topological polar surface area (TPSA) is 49.3 Å². The van der Waals surface area contributed by atoms with Gasteiger partial charge in [0, 0.05) is 60.4 Å². The van der Waals surface area contributed by atoms with Gasteiger partial charge in [0.25, 0.3) is 5.91 Å². The van der Waals surface area contributed by atoms with Crippen LogP contribution in [0.1, 0.15) is 15.4 Å². The second kappa shape index (κ2) is 7.94. The van der Waals surface area contributed by atoms with Crippen LogP contribution in [0.3, 0.4) is 0 Å². The number of rotatable bonds is 4. The number of piperazine rings is 1. The molecule has 0 spiro atoms. The first-order chi connectivity index (χ1) is 13.2. The lowest BCUT2D eigenvalue weighted by Crippen LogP contribution is -2.48. The Balaban J connectivity index is 1.35. The van der Waals surface area contributed by atoms with Gasteiger partial charge in [0.05, 0.1) is 6.20 Å². The SMILES string of the molecule is O=C(c1cnccn1)N1CCN(Cc2ccc(-c3ccccc3F)s2)CC1. The molecule has 0 unspecified atom stereocenters. The summed E-state index contributed by atoms with van der Waals surface area (Å²) in [4.78, 5) is 26.7. The number of hydrogen-bond donors (Lipinski definition) is 0. The number of carbonyl (C=O) groups is 1. The van der Waals surface area contributed by atoms with Gasteiger partial charge < -0.3 is 4.90 Å². The fourth-order valence-electron chi connectivity index (χ4n) is 3.17. The van der Waals surface area contributed by atoms with Crippen molar-refractivity contribution in [3.8, 4) is 10.4 Å². The maximum atomic E-state index is 14.0. The molecule has 5 nitrogen and oxygen atoms in total. The minimum Gasteiger partial charge on any atom is -0.335 e. The zero-order valence-electron chi connectivity index (χ0n) is 14.7. The summed E-state index contributed by atoms with van der Waals surface area (Å²) in [5.41, 5.74) is 1.03. The number of thiophene rings is 1. The molecule has 0 radical (unpaired) electrons. The normalized spacial score (nSPS) is 15.1. The minimum atomic E-state index is -0.193. The highest BCUT2D eigenvalue weighted by Gasteiger charge is 2.23. The van der Waals surface area contributed by atoms with E-state index < -0.39 is 0 Å². The third-order valence-corrected chi connectivity index (χ3v) is 5.73. The number of amides is 1. The van der Waals surface area contributed by atoms with Crippen molar-refractivity contribution in [2.24, 2.45) is 0 Å². The summed E-state index contributed by atoms with van der Waals surface area (Å²) in [7, 11) is 0. The molecule has 1 amide bonds. The van der Waals surface area contributed by atoms with Crippen LogP contribution >= 0.6 is 11.3 Å². The average Bonchev–Trinajstić information content (AvgIpc) is 3.17. The molecule has 4 rings (SSSR count). The lowest BCUT2D eigenvalue weighted by molar-refractivity contribution is 0.0623. The van der Waals surface area contributed by atoms with E-state index in [1.807, 2.05) is 23.1 Å². The highest BCUT2D eigenvalue weighted by Crippen LogP contribution is 2.30. The molecule has 0 bridgehead atoms. The lowest BCUT2D eigenvalue weighted by atomic mass is 10.2. The van der Waals surface area contributed by atoms with Gasteiger partial charge in [-0.3, -0.25) is 14.7 Å².